The Morgan fingerprint density at radius 2 is 2.29 bits per heavy atom. The van der Waals surface area contributed by atoms with Crippen LogP contribution in [0.1, 0.15) is 22.3 Å². The number of carbonyl (C=O) groups excluding carboxylic acids is 1. The molecule has 1 aliphatic heterocycles. The van der Waals surface area contributed by atoms with Crippen LogP contribution in [0.3, 0.4) is 0 Å². The van der Waals surface area contributed by atoms with E-state index in [2.05, 4.69) is 5.32 Å². The Morgan fingerprint density at radius 1 is 1.53 bits per heavy atom. The molecule has 4 heteroatoms. The fourth-order valence-corrected chi connectivity index (χ4v) is 2.18. The van der Waals surface area contributed by atoms with Crippen molar-refractivity contribution in [1.29, 1.82) is 0 Å². The van der Waals surface area contributed by atoms with Gasteiger partial charge in [-0.2, -0.15) is 0 Å². The van der Waals surface area contributed by atoms with Crippen LogP contribution >= 0.6 is 0 Å². The Morgan fingerprint density at radius 3 is 2.94 bits per heavy atom. The fraction of sp³-hybridized carbons (Fsp3) is 0.462. The summed E-state index contributed by atoms with van der Waals surface area (Å²) < 4.78 is 0. The maximum Gasteiger partial charge on any atom is 0.254 e. The number of hydrogen-bond acceptors (Lipinski definition) is 3. The molecule has 0 bridgehead atoms. The predicted molar refractivity (Wildman–Crippen MR) is 66.2 cm³/mol. The first-order chi connectivity index (χ1) is 8.11. The first kappa shape index (κ1) is 11.9. The number of rotatable bonds is 2. The molecule has 1 aromatic carbocycles. The lowest BCUT2D eigenvalue weighted by Crippen LogP contribution is -2.38. The minimum absolute atomic E-state index is 0.0212. The summed E-state index contributed by atoms with van der Waals surface area (Å²) in [6.45, 7) is 3.57. The van der Waals surface area contributed by atoms with E-state index in [-0.39, 0.29) is 17.7 Å². The number of benzene rings is 1. The molecule has 2 N–H and O–H groups in total. The monoisotopic (exact) mass is 234 g/mol. The predicted octanol–water partition coefficient (Wildman–Crippen LogP) is 1.13. The summed E-state index contributed by atoms with van der Waals surface area (Å²) in [6, 6.07) is 5.32. The summed E-state index contributed by atoms with van der Waals surface area (Å²) in [5.74, 6) is 0.154. The van der Waals surface area contributed by atoms with Gasteiger partial charge in [0.1, 0.15) is 5.75 Å². The molecule has 1 heterocycles. The molecule has 1 aromatic rings. The van der Waals surface area contributed by atoms with Gasteiger partial charge in [-0.3, -0.25) is 4.79 Å². The first-order valence-electron chi connectivity index (χ1n) is 5.87. The molecule has 1 unspecified atom stereocenters. The van der Waals surface area contributed by atoms with Gasteiger partial charge in [-0.1, -0.05) is 6.07 Å². The van der Waals surface area contributed by atoms with E-state index >= 15 is 0 Å². The first-order valence-corrected chi connectivity index (χ1v) is 5.87. The second-order valence-electron chi connectivity index (χ2n) is 4.51. The van der Waals surface area contributed by atoms with Crippen molar-refractivity contribution in [3.8, 4) is 5.75 Å². The van der Waals surface area contributed by atoms with Gasteiger partial charge in [0.2, 0.25) is 0 Å². The highest BCUT2D eigenvalue weighted by Gasteiger charge is 2.25. The molecule has 0 aliphatic carbocycles. The van der Waals surface area contributed by atoms with Crippen LogP contribution in [0.5, 0.6) is 5.75 Å². The van der Waals surface area contributed by atoms with Crippen molar-refractivity contribution < 1.29 is 9.90 Å². The average molecular weight is 234 g/mol. The van der Waals surface area contributed by atoms with E-state index in [0.717, 1.165) is 19.5 Å². The van der Waals surface area contributed by atoms with Gasteiger partial charge in [0.15, 0.2) is 0 Å². The van der Waals surface area contributed by atoms with E-state index < -0.39 is 0 Å². The molecule has 4 nitrogen and oxygen atoms in total. The molecular weight excluding hydrogens is 216 g/mol. The van der Waals surface area contributed by atoms with E-state index in [1.165, 1.54) is 0 Å². The fourth-order valence-electron chi connectivity index (χ4n) is 2.18. The van der Waals surface area contributed by atoms with Crippen LogP contribution in [0.4, 0.5) is 0 Å². The third-order valence-corrected chi connectivity index (χ3v) is 3.44. The van der Waals surface area contributed by atoms with E-state index in [1.54, 1.807) is 30.0 Å². The highest BCUT2D eigenvalue weighted by molar-refractivity contribution is 5.96. The van der Waals surface area contributed by atoms with Gasteiger partial charge in [0.25, 0.3) is 5.91 Å². The smallest absolute Gasteiger partial charge is 0.254 e. The topological polar surface area (TPSA) is 52.6 Å². The van der Waals surface area contributed by atoms with Gasteiger partial charge in [-0.05, 0) is 32.0 Å². The molecule has 0 spiro atoms. The highest BCUT2D eigenvalue weighted by Crippen LogP contribution is 2.21. The van der Waals surface area contributed by atoms with Gasteiger partial charge in [0.05, 0.1) is 0 Å². The van der Waals surface area contributed by atoms with Crippen LogP contribution in [-0.2, 0) is 0 Å². The van der Waals surface area contributed by atoms with Crippen LogP contribution in [0.25, 0.3) is 0 Å². The normalized spacial score (nSPS) is 19.3. The standard InChI is InChI=1S/C13H18N2O2/c1-9-11(4-3-5-12(9)16)13(17)15(2)10-6-7-14-8-10/h3-5,10,14,16H,6-8H2,1-2H3. The molecule has 1 atom stereocenters. The summed E-state index contributed by atoms with van der Waals surface area (Å²) in [7, 11) is 1.82. The molecule has 0 saturated carbocycles. The van der Waals surface area contributed by atoms with Crippen molar-refractivity contribution >= 4 is 5.91 Å². The lowest BCUT2D eigenvalue weighted by atomic mass is 10.1. The van der Waals surface area contributed by atoms with Gasteiger partial charge < -0.3 is 15.3 Å². The zero-order valence-corrected chi connectivity index (χ0v) is 10.2. The van der Waals surface area contributed by atoms with Gasteiger partial charge in [-0.25, -0.2) is 0 Å². The zero-order valence-electron chi connectivity index (χ0n) is 10.2. The molecule has 0 aromatic heterocycles. The third-order valence-electron chi connectivity index (χ3n) is 3.44. The number of phenols is 1. The number of nitrogens with zero attached hydrogens (tertiary/aromatic N) is 1. The molecular formula is C13H18N2O2. The van der Waals surface area contributed by atoms with Gasteiger partial charge >= 0.3 is 0 Å². The van der Waals surface area contributed by atoms with E-state index in [0.29, 0.717) is 11.1 Å². The van der Waals surface area contributed by atoms with Gasteiger partial charge in [0, 0.05) is 30.8 Å². The Bertz CT molecular complexity index is 425. The SMILES string of the molecule is Cc1c(O)cccc1C(=O)N(C)C1CCNC1. The van der Waals surface area contributed by atoms with Crippen LogP contribution in [0, 0.1) is 6.92 Å². The number of aromatic hydroxyl groups is 1. The second-order valence-corrected chi connectivity index (χ2v) is 4.51. The largest absolute Gasteiger partial charge is 0.508 e. The molecule has 1 fully saturated rings. The van der Waals surface area contributed by atoms with Crippen molar-refractivity contribution in [2.24, 2.45) is 0 Å². The molecule has 1 amide bonds. The quantitative estimate of drug-likeness (QED) is 0.806. The summed E-state index contributed by atoms with van der Waals surface area (Å²) in [4.78, 5) is 14.1. The summed E-state index contributed by atoms with van der Waals surface area (Å²) in [5.41, 5.74) is 1.23. The molecule has 1 saturated heterocycles. The summed E-state index contributed by atoms with van der Waals surface area (Å²) >= 11 is 0. The number of hydrogen-bond donors (Lipinski definition) is 2. The van der Waals surface area contributed by atoms with Crippen molar-refractivity contribution in [3.63, 3.8) is 0 Å². The summed E-state index contributed by atoms with van der Waals surface area (Å²) in [5, 5.41) is 12.9. The Kier molecular flexibility index (Phi) is 3.33. The number of nitrogens with one attached hydrogen (secondary N) is 1. The average Bonchev–Trinajstić information content (AvgIpc) is 2.84. The lowest BCUT2D eigenvalue weighted by molar-refractivity contribution is 0.0742. The van der Waals surface area contributed by atoms with E-state index in [9.17, 15) is 9.90 Å². The van der Waals surface area contributed by atoms with Crippen LogP contribution < -0.4 is 5.32 Å². The van der Waals surface area contributed by atoms with Crippen molar-refractivity contribution in [2.45, 2.75) is 19.4 Å². The molecule has 1 aliphatic rings. The number of likely N-dealkylation sites (N-methyl/N-ethyl adjacent to an activating group) is 1. The van der Waals surface area contributed by atoms with Crippen molar-refractivity contribution in [2.75, 3.05) is 20.1 Å². The number of carbonyl (C=O) groups is 1. The maximum absolute atomic E-state index is 12.3. The zero-order chi connectivity index (χ0) is 12.4. The highest BCUT2D eigenvalue weighted by atomic mass is 16.3. The van der Waals surface area contributed by atoms with Crippen LogP contribution in [-0.4, -0.2) is 42.1 Å². The maximum atomic E-state index is 12.3. The molecule has 2 rings (SSSR count). The summed E-state index contributed by atoms with van der Waals surface area (Å²) in [6.07, 6.45) is 0.986. The van der Waals surface area contributed by atoms with Crippen LogP contribution in [0.15, 0.2) is 18.2 Å². The second kappa shape index (κ2) is 4.75. The minimum Gasteiger partial charge on any atom is -0.508 e. The van der Waals surface area contributed by atoms with Crippen molar-refractivity contribution in [1.82, 2.24) is 10.2 Å². The third kappa shape index (κ3) is 2.26. The Labute approximate surface area is 101 Å². The van der Waals surface area contributed by atoms with E-state index in [4.69, 9.17) is 0 Å². The minimum atomic E-state index is -0.0212. The Balaban J connectivity index is 2.21. The van der Waals surface area contributed by atoms with Crippen LogP contribution in [0.2, 0.25) is 0 Å². The molecule has 92 valence electrons. The van der Waals surface area contributed by atoms with Gasteiger partial charge in [-0.15, -0.1) is 0 Å². The molecule has 17 heavy (non-hydrogen) atoms. The number of amides is 1. The van der Waals surface area contributed by atoms with E-state index in [1.807, 2.05) is 7.05 Å². The Hall–Kier alpha value is -1.55. The van der Waals surface area contributed by atoms with Crippen molar-refractivity contribution in [3.05, 3.63) is 29.3 Å². The molecule has 0 radical (unpaired) electrons. The lowest BCUT2D eigenvalue weighted by Gasteiger charge is -2.24. The number of phenolic OH excluding ortho intramolecular Hbond substituents is 1.